The summed E-state index contributed by atoms with van der Waals surface area (Å²) in [6, 6.07) is 11.9. The molecule has 0 saturated heterocycles. The van der Waals surface area contributed by atoms with E-state index in [1.807, 2.05) is 24.3 Å². The second-order valence-corrected chi connectivity index (χ2v) is 9.51. The van der Waals surface area contributed by atoms with Crippen molar-refractivity contribution in [2.24, 2.45) is 0 Å². The lowest BCUT2D eigenvalue weighted by Crippen LogP contribution is -2.35. The zero-order valence-corrected chi connectivity index (χ0v) is 17.9. The first kappa shape index (κ1) is 20.3. The molecule has 1 fully saturated rings. The van der Waals surface area contributed by atoms with Gasteiger partial charge in [0.25, 0.3) is 15.9 Å². The van der Waals surface area contributed by atoms with E-state index in [0.29, 0.717) is 4.47 Å². The second kappa shape index (κ2) is 7.52. The molecule has 3 rings (SSSR count). The molecule has 0 heterocycles. The number of hydroxylamine groups is 1. The molecular formula is C18H18BrClN2O4S. The van der Waals surface area contributed by atoms with Crippen molar-refractivity contribution < 1.29 is 18.0 Å². The van der Waals surface area contributed by atoms with Gasteiger partial charge >= 0.3 is 0 Å². The molecule has 0 spiro atoms. The molecule has 6 nitrogen and oxygen atoms in total. The maximum absolute atomic E-state index is 12.8. The molecule has 0 aliphatic heterocycles. The normalized spacial score (nSPS) is 15.6. The molecular weight excluding hydrogens is 456 g/mol. The summed E-state index contributed by atoms with van der Waals surface area (Å²) in [5.74, 6) is -0.358. The van der Waals surface area contributed by atoms with Crippen molar-refractivity contribution in [1.29, 1.82) is 0 Å². The highest BCUT2D eigenvalue weighted by Crippen LogP contribution is 2.46. The smallest absolute Gasteiger partial charge is 0.266 e. The van der Waals surface area contributed by atoms with Gasteiger partial charge < -0.3 is 5.32 Å². The van der Waals surface area contributed by atoms with Crippen LogP contribution in [0.2, 0.25) is 5.02 Å². The summed E-state index contributed by atoms with van der Waals surface area (Å²) in [4.78, 5) is 17.3. The molecule has 2 aromatic rings. The fourth-order valence-electron chi connectivity index (χ4n) is 2.75. The third kappa shape index (κ3) is 4.05. The van der Waals surface area contributed by atoms with E-state index in [2.05, 4.69) is 21.2 Å². The first-order valence-corrected chi connectivity index (χ1v) is 10.7. The van der Waals surface area contributed by atoms with Crippen LogP contribution in [0.4, 0.5) is 0 Å². The molecule has 1 saturated carbocycles. The van der Waals surface area contributed by atoms with Crippen LogP contribution in [0.3, 0.4) is 0 Å². The first-order chi connectivity index (χ1) is 12.7. The number of carbonyl (C=O) groups is 1. The Morgan fingerprint density at radius 2 is 1.85 bits per heavy atom. The summed E-state index contributed by atoms with van der Waals surface area (Å²) in [7, 11) is -1.48. The van der Waals surface area contributed by atoms with E-state index in [0.717, 1.165) is 22.9 Å². The molecule has 1 aliphatic rings. The Bertz CT molecular complexity index is 975. The van der Waals surface area contributed by atoms with Crippen LogP contribution in [-0.4, -0.2) is 33.0 Å². The van der Waals surface area contributed by atoms with Crippen LogP contribution in [0.1, 0.15) is 28.8 Å². The minimum Gasteiger partial charge on any atom is -0.343 e. The van der Waals surface area contributed by atoms with Crippen molar-refractivity contribution in [3.63, 3.8) is 0 Å². The Balaban J connectivity index is 1.88. The standard InChI is InChI=1S/C18H18BrClN2O4S/c1-22(26-2)27(24,25)16-11-12(3-8-15(16)20)17(23)21-18(9-10-18)13-4-6-14(19)7-5-13/h3-8,11H,9-10H2,1-2H3,(H,21,23). The molecule has 0 bridgehead atoms. The number of sulfonamides is 1. The number of nitrogens with one attached hydrogen (secondary N) is 1. The van der Waals surface area contributed by atoms with Crippen LogP contribution in [0.15, 0.2) is 51.8 Å². The fraction of sp³-hybridized carbons (Fsp3) is 0.278. The lowest BCUT2D eigenvalue weighted by atomic mass is 10.0. The first-order valence-electron chi connectivity index (χ1n) is 8.11. The summed E-state index contributed by atoms with van der Waals surface area (Å²) in [5, 5.41) is 3.04. The lowest BCUT2D eigenvalue weighted by Gasteiger charge is -2.19. The van der Waals surface area contributed by atoms with Gasteiger partial charge in [-0.2, -0.15) is 0 Å². The predicted molar refractivity (Wildman–Crippen MR) is 106 cm³/mol. The van der Waals surface area contributed by atoms with Crippen molar-refractivity contribution in [2.45, 2.75) is 23.3 Å². The number of hydrogen-bond donors (Lipinski definition) is 1. The van der Waals surface area contributed by atoms with Crippen molar-refractivity contribution >= 4 is 43.5 Å². The van der Waals surface area contributed by atoms with E-state index in [1.54, 1.807) is 0 Å². The van der Waals surface area contributed by atoms with Gasteiger partial charge in [0, 0.05) is 17.1 Å². The number of rotatable bonds is 6. The fourth-order valence-corrected chi connectivity index (χ4v) is 4.49. The van der Waals surface area contributed by atoms with Crippen LogP contribution in [0, 0.1) is 0 Å². The largest absolute Gasteiger partial charge is 0.343 e. The second-order valence-electron chi connectivity index (χ2n) is 6.29. The van der Waals surface area contributed by atoms with Gasteiger partial charge in [-0.05, 0) is 48.7 Å². The molecule has 1 N–H and O–H groups in total. The van der Waals surface area contributed by atoms with E-state index < -0.39 is 15.6 Å². The summed E-state index contributed by atoms with van der Waals surface area (Å²) in [5.41, 5.74) is 0.811. The van der Waals surface area contributed by atoms with Crippen LogP contribution in [0.25, 0.3) is 0 Å². The average Bonchev–Trinajstić information content (AvgIpc) is 3.42. The Morgan fingerprint density at radius 3 is 2.41 bits per heavy atom. The van der Waals surface area contributed by atoms with Crippen LogP contribution in [0.5, 0.6) is 0 Å². The SMILES string of the molecule is CON(C)S(=O)(=O)c1cc(C(=O)NC2(c3ccc(Br)cc3)CC2)ccc1Cl. The van der Waals surface area contributed by atoms with Crippen molar-refractivity contribution in [2.75, 3.05) is 14.2 Å². The van der Waals surface area contributed by atoms with Gasteiger partial charge in [-0.3, -0.25) is 9.63 Å². The van der Waals surface area contributed by atoms with Gasteiger partial charge in [0.15, 0.2) is 0 Å². The highest BCUT2D eigenvalue weighted by molar-refractivity contribution is 9.10. The number of benzene rings is 2. The van der Waals surface area contributed by atoms with E-state index in [9.17, 15) is 13.2 Å². The molecule has 1 aliphatic carbocycles. The Hall–Kier alpha value is -1.45. The molecule has 0 aromatic heterocycles. The molecule has 144 valence electrons. The minimum absolute atomic E-state index is 0.0181. The summed E-state index contributed by atoms with van der Waals surface area (Å²) < 4.78 is 26.6. The van der Waals surface area contributed by atoms with Crippen molar-refractivity contribution in [3.8, 4) is 0 Å². The minimum atomic E-state index is -3.97. The molecule has 2 aromatic carbocycles. The Morgan fingerprint density at radius 1 is 1.22 bits per heavy atom. The molecule has 9 heteroatoms. The maximum Gasteiger partial charge on any atom is 0.266 e. The molecule has 0 radical (unpaired) electrons. The van der Waals surface area contributed by atoms with E-state index >= 15 is 0 Å². The van der Waals surface area contributed by atoms with Crippen LogP contribution in [-0.2, 0) is 20.4 Å². The quantitative estimate of drug-likeness (QED) is 0.649. The van der Waals surface area contributed by atoms with Gasteiger partial charge in [0.05, 0.1) is 17.7 Å². The summed E-state index contributed by atoms with van der Waals surface area (Å²) in [6.45, 7) is 0. The van der Waals surface area contributed by atoms with Gasteiger partial charge in [-0.25, -0.2) is 8.42 Å². The van der Waals surface area contributed by atoms with Crippen LogP contribution < -0.4 is 5.32 Å². The Kier molecular flexibility index (Phi) is 5.65. The number of nitrogens with zero attached hydrogens (tertiary/aromatic N) is 1. The number of carbonyl (C=O) groups excluding carboxylic acids is 1. The topological polar surface area (TPSA) is 75.7 Å². The van der Waals surface area contributed by atoms with Gasteiger partial charge in [0.2, 0.25) is 0 Å². The maximum atomic E-state index is 12.8. The van der Waals surface area contributed by atoms with E-state index in [4.69, 9.17) is 16.4 Å². The number of halogens is 2. The summed E-state index contributed by atoms with van der Waals surface area (Å²) in [6.07, 6.45) is 1.65. The highest BCUT2D eigenvalue weighted by Gasteiger charge is 2.45. The molecule has 0 unspecified atom stereocenters. The number of hydrogen-bond acceptors (Lipinski definition) is 4. The molecule has 1 amide bonds. The van der Waals surface area contributed by atoms with Crippen molar-refractivity contribution in [1.82, 2.24) is 9.79 Å². The average molecular weight is 474 g/mol. The lowest BCUT2D eigenvalue weighted by molar-refractivity contribution is -0.0258. The number of amides is 1. The Labute approximate surface area is 171 Å². The van der Waals surface area contributed by atoms with Gasteiger partial charge in [-0.15, -0.1) is 0 Å². The van der Waals surface area contributed by atoms with Crippen LogP contribution >= 0.6 is 27.5 Å². The zero-order chi connectivity index (χ0) is 19.8. The molecule has 0 atom stereocenters. The highest BCUT2D eigenvalue weighted by atomic mass is 79.9. The monoisotopic (exact) mass is 472 g/mol. The van der Waals surface area contributed by atoms with Gasteiger partial charge in [0.1, 0.15) is 4.90 Å². The van der Waals surface area contributed by atoms with E-state index in [1.165, 1.54) is 32.4 Å². The van der Waals surface area contributed by atoms with E-state index in [-0.39, 0.29) is 21.4 Å². The summed E-state index contributed by atoms with van der Waals surface area (Å²) >= 11 is 9.45. The third-order valence-electron chi connectivity index (χ3n) is 4.57. The zero-order valence-electron chi connectivity index (χ0n) is 14.7. The van der Waals surface area contributed by atoms with Gasteiger partial charge in [-0.1, -0.05) is 44.1 Å². The third-order valence-corrected chi connectivity index (χ3v) is 7.26. The predicted octanol–water partition coefficient (Wildman–Crippen LogP) is 3.70. The molecule has 27 heavy (non-hydrogen) atoms. The van der Waals surface area contributed by atoms with Crippen molar-refractivity contribution in [3.05, 3.63) is 63.1 Å².